The van der Waals surface area contributed by atoms with E-state index in [9.17, 15) is 4.79 Å². The Morgan fingerprint density at radius 2 is 2.39 bits per heavy atom. The van der Waals surface area contributed by atoms with Crippen LogP contribution < -0.4 is 5.32 Å². The standard InChI is InChI=1S/C12H12BrN3OS/c1-16-5-4-9(11(16)17)15-12-14-8-3-2-7(13)6-10(8)18-12/h2-3,6,9H,4-5H2,1H3,(H,14,15). The number of thiazole rings is 1. The van der Waals surface area contributed by atoms with E-state index in [2.05, 4.69) is 26.2 Å². The fourth-order valence-corrected chi connectivity index (χ4v) is 3.54. The summed E-state index contributed by atoms with van der Waals surface area (Å²) in [6.45, 7) is 0.812. The molecule has 1 N–H and O–H groups in total. The van der Waals surface area contributed by atoms with Gasteiger partial charge in [-0.2, -0.15) is 0 Å². The Morgan fingerprint density at radius 3 is 3.11 bits per heavy atom. The van der Waals surface area contributed by atoms with Gasteiger partial charge < -0.3 is 10.2 Å². The van der Waals surface area contributed by atoms with E-state index in [1.165, 1.54) is 0 Å². The Morgan fingerprint density at radius 1 is 1.56 bits per heavy atom. The van der Waals surface area contributed by atoms with Crippen LogP contribution in [0.25, 0.3) is 10.2 Å². The molecule has 18 heavy (non-hydrogen) atoms. The van der Waals surface area contributed by atoms with Gasteiger partial charge in [0.15, 0.2) is 5.13 Å². The van der Waals surface area contributed by atoms with Crippen LogP contribution in [0.3, 0.4) is 0 Å². The average Bonchev–Trinajstić information content (AvgIpc) is 2.86. The van der Waals surface area contributed by atoms with E-state index in [0.717, 1.165) is 32.8 Å². The van der Waals surface area contributed by atoms with Crippen LogP contribution >= 0.6 is 27.3 Å². The molecule has 2 heterocycles. The molecule has 1 fully saturated rings. The number of amides is 1. The number of nitrogens with zero attached hydrogens (tertiary/aromatic N) is 2. The van der Waals surface area contributed by atoms with Crippen LogP contribution in [-0.4, -0.2) is 35.4 Å². The van der Waals surface area contributed by atoms with Crippen LogP contribution in [0.1, 0.15) is 6.42 Å². The van der Waals surface area contributed by atoms with Crippen molar-refractivity contribution in [2.75, 3.05) is 18.9 Å². The van der Waals surface area contributed by atoms with Crippen molar-refractivity contribution in [3.63, 3.8) is 0 Å². The van der Waals surface area contributed by atoms with Gasteiger partial charge in [-0.25, -0.2) is 4.98 Å². The van der Waals surface area contributed by atoms with Gasteiger partial charge in [-0.05, 0) is 24.6 Å². The van der Waals surface area contributed by atoms with Crippen molar-refractivity contribution < 1.29 is 4.79 Å². The quantitative estimate of drug-likeness (QED) is 0.923. The first kappa shape index (κ1) is 11.9. The van der Waals surface area contributed by atoms with E-state index in [1.54, 1.807) is 16.2 Å². The van der Waals surface area contributed by atoms with Gasteiger partial charge in [0.25, 0.3) is 0 Å². The number of rotatable bonds is 2. The van der Waals surface area contributed by atoms with Crippen molar-refractivity contribution in [2.45, 2.75) is 12.5 Å². The molecule has 4 nitrogen and oxygen atoms in total. The number of fused-ring (bicyclic) bond motifs is 1. The Labute approximate surface area is 117 Å². The lowest BCUT2D eigenvalue weighted by Crippen LogP contribution is -2.30. The van der Waals surface area contributed by atoms with Crippen LogP contribution in [0.4, 0.5) is 5.13 Å². The summed E-state index contributed by atoms with van der Waals surface area (Å²) >= 11 is 5.02. The maximum absolute atomic E-state index is 11.8. The van der Waals surface area contributed by atoms with Gasteiger partial charge in [0, 0.05) is 18.1 Å². The number of hydrogen-bond donors (Lipinski definition) is 1. The first-order chi connectivity index (χ1) is 8.63. The monoisotopic (exact) mass is 325 g/mol. The summed E-state index contributed by atoms with van der Waals surface area (Å²) < 4.78 is 2.16. The third kappa shape index (κ3) is 2.10. The molecule has 1 aliphatic heterocycles. The van der Waals surface area contributed by atoms with Gasteiger partial charge >= 0.3 is 0 Å². The molecule has 1 saturated heterocycles. The maximum Gasteiger partial charge on any atom is 0.244 e. The van der Waals surface area contributed by atoms with E-state index in [-0.39, 0.29) is 11.9 Å². The van der Waals surface area contributed by atoms with Gasteiger partial charge in [0.1, 0.15) is 6.04 Å². The lowest BCUT2D eigenvalue weighted by molar-refractivity contribution is -0.127. The number of carbonyl (C=O) groups is 1. The predicted octanol–water partition coefficient (Wildman–Crippen LogP) is 2.70. The Bertz CT molecular complexity index is 612. The molecular weight excluding hydrogens is 314 g/mol. The minimum Gasteiger partial charge on any atom is -0.350 e. The second kappa shape index (κ2) is 4.51. The SMILES string of the molecule is CN1CCC(Nc2nc3ccc(Br)cc3s2)C1=O. The van der Waals surface area contributed by atoms with Crippen molar-refractivity contribution in [3.05, 3.63) is 22.7 Å². The van der Waals surface area contributed by atoms with Crippen molar-refractivity contribution in [1.82, 2.24) is 9.88 Å². The molecule has 0 spiro atoms. The lowest BCUT2D eigenvalue weighted by atomic mass is 10.2. The Balaban J connectivity index is 1.85. The van der Waals surface area contributed by atoms with Gasteiger partial charge in [-0.1, -0.05) is 27.3 Å². The fourth-order valence-electron chi connectivity index (χ4n) is 2.07. The van der Waals surface area contributed by atoms with E-state index in [0.29, 0.717) is 0 Å². The van der Waals surface area contributed by atoms with Crippen LogP contribution in [-0.2, 0) is 4.79 Å². The van der Waals surface area contributed by atoms with Crippen molar-refractivity contribution >= 4 is 48.5 Å². The van der Waals surface area contributed by atoms with Gasteiger partial charge in [0.2, 0.25) is 5.91 Å². The maximum atomic E-state index is 11.8. The van der Waals surface area contributed by atoms with Crippen LogP contribution in [0.2, 0.25) is 0 Å². The van der Waals surface area contributed by atoms with Crippen LogP contribution in [0.5, 0.6) is 0 Å². The minimum atomic E-state index is -0.126. The number of anilines is 1. The molecule has 1 aromatic carbocycles. The summed E-state index contributed by atoms with van der Waals surface area (Å²) in [6.07, 6.45) is 0.842. The summed E-state index contributed by atoms with van der Waals surface area (Å²) in [7, 11) is 1.83. The molecular formula is C12H12BrN3OS. The summed E-state index contributed by atoms with van der Waals surface area (Å²) in [5, 5.41) is 4.05. The summed E-state index contributed by atoms with van der Waals surface area (Å²) in [5.74, 6) is 0.149. The third-order valence-corrected chi connectivity index (χ3v) is 4.52. The molecule has 6 heteroatoms. The van der Waals surface area contributed by atoms with E-state index < -0.39 is 0 Å². The molecule has 1 aliphatic rings. The van der Waals surface area contributed by atoms with Gasteiger partial charge in [-0.3, -0.25) is 4.79 Å². The van der Waals surface area contributed by atoms with Crippen molar-refractivity contribution in [3.8, 4) is 0 Å². The number of likely N-dealkylation sites (tertiary alicyclic amines) is 1. The van der Waals surface area contributed by atoms with Gasteiger partial charge in [0.05, 0.1) is 10.2 Å². The largest absolute Gasteiger partial charge is 0.350 e. The zero-order chi connectivity index (χ0) is 12.7. The molecule has 94 valence electrons. The Hall–Kier alpha value is -1.14. The lowest BCUT2D eigenvalue weighted by Gasteiger charge is -2.10. The average molecular weight is 326 g/mol. The zero-order valence-electron chi connectivity index (χ0n) is 9.81. The second-order valence-electron chi connectivity index (χ2n) is 4.38. The summed E-state index contributed by atoms with van der Waals surface area (Å²) in [4.78, 5) is 18.1. The highest BCUT2D eigenvalue weighted by atomic mass is 79.9. The molecule has 2 aromatic rings. The topological polar surface area (TPSA) is 45.2 Å². The van der Waals surface area contributed by atoms with Gasteiger partial charge in [-0.15, -0.1) is 0 Å². The number of benzene rings is 1. The summed E-state index contributed by atoms with van der Waals surface area (Å²) in [5.41, 5.74) is 0.963. The normalized spacial score (nSPS) is 19.8. The first-order valence-corrected chi connectivity index (χ1v) is 7.32. The molecule has 0 radical (unpaired) electrons. The predicted molar refractivity (Wildman–Crippen MR) is 77.0 cm³/mol. The number of aromatic nitrogens is 1. The molecule has 1 amide bonds. The highest BCUT2D eigenvalue weighted by molar-refractivity contribution is 9.10. The minimum absolute atomic E-state index is 0.126. The van der Waals surface area contributed by atoms with E-state index in [4.69, 9.17) is 0 Å². The number of hydrogen-bond acceptors (Lipinski definition) is 4. The highest BCUT2D eigenvalue weighted by Crippen LogP contribution is 2.29. The number of nitrogens with one attached hydrogen (secondary N) is 1. The second-order valence-corrected chi connectivity index (χ2v) is 6.32. The molecule has 1 aromatic heterocycles. The molecule has 1 atom stereocenters. The molecule has 0 saturated carbocycles. The van der Waals surface area contributed by atoms with E-state index in [1.807, 2.05) is 25.2 Å². The number of carbonyl (C=O) groups excluding carboxylic acids is 1. The molecule has 3 rings (SSSR count). The molecule has 1 unspecified atom stereocenters. The summed E-state index contributed by atoms with van der Waals surface area (Å²) in [6, 6.07) is 5.86. The van der Waals surface area contributed by atoms with Crippen molar-refractivity contribution in [2.24, 2.45) is 0 Å². The molecule has 0 aliphatic carbocycles. The Kier molecular flexibility index (Phi) is 2.99. The fraction of sp³-hybridized carbons (Fsp3) is 0.333. The highest BCUT2D eigenvalue weighted by Gasteiger charge is 2.29. The third-order valence-electron chi connectivity index (χ3n) is 3.08. The smallest absolute Gasteiger partial charge is 0.244 e. The molecule has 0 bridgehead atoms. The van der Waals surface area contributed by atoms with Crippen LogP contribution in [0.15, 0.2) is 22.7 Å². The number of halogens is 1. The zero-order valence-corrected chi connectivity index (χ0v) is 12.2. The van der Waals surface area contributed by atoms with E-state index >= 15 is 0 Å². The first-order valence-electron chi connectivity index (χ1n) is 5.71. The van der Waals surface area contributed by atoms with Crippen molar-refractivity contribution in [1.29, 1.82) is 0 Å². The van der Waals surface area contributed by atoms with Crippen LogP contribution in [0, 0.1) is 0 Å². The number of likely N-dealkylation sites (N-methyl/N-ethyl adjacent to an activating group) is 1.